The first-order valence-corrected chi connectivity index (χ1v) is 6.20. The van der Waals surface area contributed by atoms with Crippen molar-refractivity contribution >= 4 is 11.3 Å². The molecule has 1 aromatic carbocycles. The molecule has 0 atom stereocenters. The van der Waals surface area contributed by atoms with Gasteiger partial charge in [-0.05, 0) is 17.0 Å². The summed E-state index contributed by atoms with van der Waals surface area (Å²) in [5.74, 6) is 1.32. The summed E-state index contributed by atoms with van der Waals surface area (Å²) in [5, 5.41) is 5.98. The minimum atomic E-state index is 0.652. The topological polar surface area (TPSA) is 38.9 Å². The lowest BCUT2D eigenvalue weighted by Gasteiger charge is -1.93. The van der Waals surface area contributed by atoms with E-state index in [1.54, 1.807) is 11.3 Å². The zero-order valence-corrected chi connectivity index (χ0v) is 9.85. The lowest BCUT2D eigenvalue weighted by molar-refractivity contribution is 0.386. The van der Waals surface area contributed by atoms with Gasteiger partial charge in [-0.1, -0.05) is 41.6 Å². The predicted molar refractivity (Wildman–Crippen MR) is 66.9 cm³/mol. The molecule has 4 heteroatoms. The summed E-state index contributed by atoms with van der Waals surface area (Å²) in [4.78, 5) is 5.42. The number of nitrogens with zero attached hydrogens (tertiary/aromatic N) is 2. The zero-order chi connectivity index (χ0) is 11.5. The predicted octanol–water partition coefficient (Wildman–Crippen LogP) is 3.39. The van der Waals surface area contributed by atoms with Gasteiger partial charge >= 0.3 is 0 Å². The van der Waals surface area contributed by atoms with Crippen LogP contribution in [0.4, 0.5) is 0 Å². The number of hydrogen-bond acceptors (Lipinski definition) is 4. The lowest BCUT2D eigenvalue weighted by atomic mass is 10.1. The van der Waals surface area contributed by atoms with E-state index in [9.17, 15) is 0 Å². The molecule has 2 aromatic heterocycles. The number of benzene rings is 1. The molecule has 0 saturated heterocycles. The van der Waals surface area contributed by atoms with E-state index in [0.29, 0.717) is 18.1 Å². The SMILES string of the molecule is c1ccc(Cc2nc(-c3cccs3)no2)cc1. The van der Waals surface area contributed by atoms with Crippen LogP contribution in [-0.4, -0.2) is 10.1 Å². The second kappa shape index (κ2) is 4.51. The first-order valence-electron chi connectivity index (χ1n) is 5.32. The van der Waals surface area contributed by atoms with Crippen molar-refractivity contribution in [2.75, 3.05) is 0 Å². The first kappa shape index (κ1) is 10.2. The highest BCUT2D eigenvalue weighted by Crippen LogP contribution is 2.21. The lowest BCUT2D eigenvalue weighted by Crippen LogP contribution is -1.87. The Hall–Kier alpha value is -1.94. The highest BCUT2D eigenvalue weighted by atomic mass is 32.1. The highest BCUT2D eigenvalue weighted by molar-refractivity contribution is 7.13. The quantitative estimate of drug-likeness (QED) is 0.706. The Morgan fingerprint density at radius 1 is 1.06 bits per heavy atom. The van der Waals surface area contributed by atoms with Crippen LogP contribution < -0.4 is 0 Å². The van der Waals surface area contributed by atoms with Crippen molar-refractivity contribution in [2.24, 2.45) is 0 Å². The van der Waals surface area contributed by atoms with Crippen LogP contribution in [0.3, 0.4) is 0 Å². The molecule has 2 heterocycles. The van der Waals surface area contributed by atoms with E-state index in [2.05, 4.69) is 22.3 Å². The Morgan fingerprint density at radius 2 is 1.94 bits per heavy atom. The molecule has 0 amide bonds. The molecule has 0 unspecified atom stereocenters. The molecule has 3 rings (SSSR count). The molecule has 3 aromatic rings. The maximum Gasteiger partial charge on any atom is 0.231 e. The van der Waals surface area contributed by atoms with Gasteiger partial charge in [0.15, 0.2) is 0 Å². The van der Waals surface area contributed by atoms with E-state index in [-0.39, 0.29) is 0 Å². The van der Waals surface area contributed by atoms with Gasteiger partial charge in [-0.3, -0.25) is 0 Å². The van der Waals surface area contributed by atoms with Crippen LogP contribution in [-0.2, 0) is 6.42 Å². The van der Waals surface area contributed by atoms with Gasteiger partial charge in [-0.15, -0.1) is 11.3 Å². The van der Waals surface area contributed by atoms with Crippen LogP contribution in [0.25, 0.3) is 10.7 Å². The summed E-state index contributed by atoms with van der Waals surface area (Å²) in [5.41, 5.74) is 1.17. The van der Waals surface area contributed by atoms with Gasteiger partial charge in [-0.25, -0.2) is 0 Å². The molecule has 3 nitrogen and oxygen atoms in total. The summed E-state index contributed by atoms with van der Waals surface area (Å²) < 4.78 is 5.24. The molecule has 0 aliphatic heterocycles. The van der Waals surface area contributed by atoms with Gasteiger partial charge in [-0.2, -0.15) is 4.98 Å². The van der Waals surface area contributed by atoms with Crippen LogP contribution >= 0.6 is 11.3 Å². The smallest absolute Gasteiger partial charge is 0.231 e. The number of rotatable bonds is 3. The third-order valence-corrected chi connectivity index (χ3v) is 3.27. The van der Waals surface area contributed by atoms with Crippen LogP contribution in [0.2, 0.25) is 0 Å². The van der Waals surface area contributed by atoms with Crippen molar-refractivity contribution < 1.29 is 4.52 Å². The van der Waals surface area contributed by atoms with Crippen LogP contribution in [0, 0.1) is 0 Å². The Morgan fingerprint density at radius 3 is 2.71 bits per heavy atom. The summed E-state index contributed by atoms with van der Waals surface area (Å²) in [6.07, 6.45) is 0.680. The van der Waals surface area contributed by atoms with E-state index >= 15 is 0 Å². The van der Waals surface area contributed by atoms with Gasteiger partial charge in [0.25, 0.3) is 0 Å². The molecule has 17 heavy (non-hydrogen) atoms. The molecule has 0 fully saturated rings. The first-order chi connectivity index (χ1) is 8.42. The molecule has 0 radical (unpaired) electrons. The zero-order valence-electron chi connectivity index (χ0n) is 9.04. The number of hydrogen-bond donors (Lipinski definition) is 0. The molecular weight excluding hydrogens is 232 g/mol. The van der Waals surface area contributed by atoms with Crippen molar-refractivity contribution in [3.05, 3.63) is 59.3 Å². The minimum Gasteiger partial charge on any atom is -0.339 e. The van der Waals surface area contributed by atoms with Gasteiger partial charge in [0.1, 0.15) is 0 Å². The molecule has 84 valence electrons. The molecule has 0 aliphatic rings. The van der Waals surface area contributed by atoms with E-state index < -0.39 is 0 Å². The van der Waals surface area contributed by atoms with Crippen molar-refractivity contribution in [3.8, 4) is 10.7 Å². The second-order valence-corrected chi connectivity index (χ2v) is 4.60. The fraction of sp³-hybridized carbons (Fsp3) is 0.0769. The summed E-state index contributed by atoms with van der Waals surface area (Å²) in [6, 6.07) is 14.1. The Kier molecular flexibility index (Phi) is 2.71. The second-order valence-electron chi connectivity index (χ2n) is 3.65. The highest BCUT2D eigenvalue weighted by Gasteiger charge is 2.09. The average molecular weight is 242 g/mol. The largest absolute Gasteiger partial charge is 0.339 e. The fourth-order valence-corrected chi connectivity index (χ4v) is 2.25. The van der Waals surface area contributed by atoms with Crippen LogP contribution in [0.5, 0.6) is 0 Å². The summed E-state index contributed by atoms with van der Waals surface area (Å²) in [7, 11) is 0. The monoisotopic (exact) mass is 242 g/mol. The average Bonchev–Trinajstić information content (AvgIpc) is 3.00. The molecule has 0 bridgehead atoms. The fourth-order valence-electron chi connectivity index (χ4n) is 1.60. The van der Waals surface area contributed by atoms with Crippen molar-refractivity contribution in [3.63, 3.8) is 0 Å². The molecule has 0 aliphatic carbocycles. The van der Waals surface area contributed by atoms with Gasteiger partial charge in [0, 0.05) is 0 Å². The van der Waals surface area contributed by atoms with Crippen molar-refractivity contribution in [1.29, 1.82) is 0 Å². The number of aromatic nitrogens is 2. The molecule has 0 spiro atoms. The third-order valence-electron chi connectivity index (χ3n) is 2.41. The summed E-state index contributed by atoms with van der Waals surface area (Å²) >= 11 is 1.61. The molecule has 0 N–H and O–H groups in total. The van der Waals surface area contributed by atoms with Gasteiger partial charge in [0.05, 0.1) is 11.3 Å². The van der Waals surface area contributed by atoms with Crippen LogP contribution in [0.15, 0.2) is 52.4 Å². The van der Waals surface area contributed by atoms with Crippen molar-refractivity contribution in [2.45, 2.75) is 6.42 Å². The minimum absolute atomic E-state index is 0.652. The van der Waals surface area contributed by atoms with E-state index in [1.165, 1.54) is 5.56 Å². The van der Waals surface area contributed by atoms with Crippen LogP contribution in [0.1, 0.15) is 11.5 Å². The van der Waals surface area contributed by atoms with E-state index in [0.717, 1.165) is 4.88 Å². The number of thiophene rings is 1. The van der Waals surface area contributed by atoms with Gasteiger partial charge < -0.3 is 4.52 Å². The summed E-state index contributed by atoms with van der Waals surface area (Å²) in [6.45, 7) is 0. The van der Waals surface area contributed by atoms with E-state index in [4.69, 9.17) is 4.52 Å². The standard InChI is InChI=1S/C13H10N2OS/c1-2-5-10(6-3-1)9-12-14-13(15-16-12)11-7-4-8-17-11/h1-8H,9H2. The van der Waals surface area contributed by atoms with Gasteiger partial charge in [0.2, 0.25) is 11.7 Å². The Labute approximate surface area is 103 Å². The third kappa shape index (κ3) is 2.26. The maximum absolute atomic E-state index is 5.24. The Bertz CT molecular complexity index is 587. The van der Waals surface area contributed by atoms with Crippen molar-refractivity contribution in [1.82, 2.24) is 10.1 Å². The molecule has 0 saturated carbocycles. The Balaban J connectivity index is 1.82. The molecular formula is C13H10N2OS. The maximum atomic E-state index is 5.24. The normalized spacial score (nSPS) is 10.6. The van der Waals surface area contributed by atoms with E-state index in [1.807, 2.05) is 35.7 Å².